The van der Waals surface area contributed by atoms with Crippen LogP contribution in [-0.4, -0.2) is 25.1 Å². The normalized spacial score (nSPS) is 25.8. The molecule has 0 amide bonds. The topological polar surface area (TPSA) is 30.5 Å². The molecule has 2 saturated heterocycles. The number of piperidine rings is 1. The number of ether oxygens (including phenoxy) is 2. The summed E-state index contributed by atoms with van der Waals surface area (Å²) in [5.41, 5.74) is 2.10. The van der Waals surface area contributed by atoms with Crippen molar-refractivity contribution in [3.05, 3.63) is 77.2 Å². The van der Waals surface area contributed by atoms with Crippen LogP contribution in [0, 0.1) is 0 Å². The van der Waals surface area contributed by atoms with Gasteiger partial charge in [0.2, 0.25) is 0 Å². The number of halogens is 3. The van der Waals surface area contributed by atoms with Gasteiger partial charge >= 0.3 is 6.36 Å². The molecule has 0 saturated carbocycles. The minimum atomic E-state index is -4.75. The maximum absolute atomic E-state index is 13.1. The van der Waals surface area contributed by atoms with Crippen LogP contribution in [0.5, 0.6) is 5.75 Å². The van der Waals surface area contributed by atoms with Gasteiger partial charge in [-0.2, -0.15) is 0 Å². The van der Waals surface area contributed by atoms with E-state index in [4.69, 9.17) is 4.74 Å². The monoisotopic (exact) mass is 459 g/mol. The fourth-order valence-electron chi connectivity index (χ4n) is 5.06. The molecule has 0 bridgehead atoms. The smallest absolute Gasteiger partial charge is 0.405 e. The standard InChI is InChI=1S/C25H24F3NO2S/c26-25(27,28)31-21-14-18(9-10-20(21)22-8-4-13-32-22)19-15-24(30-16-19)11-5-12-29-23(24)17-6-2-1-3-7-17/h1-4,6-10,13-14,19,23,29H,5,11-12,15-16H2/t19-,23-,24+/m0/s1. The number of alkyl halides is 3. The van der Waals surface area contributed by atoms with Crippen LogP contribution in [0.4, 0.5) is 13.2 Å². The van der Waals surface area contributed by atoms with Gasteiger partial charge in [0.25, 0.3) is 0 Å². The Morgan fingerprint density at radius 1 is 1.03 bits per heavy atom. The molecule has 0 unspecified atom stereocenters. The maximum atomic E-state index is 13.1. The molecule has 3 nitrogen and oxygen atoms in total. The van der Waals surface area contributed by atoms with Crippen molar-refractivity contribution < 1.29 is 22.6 Å². The lowest BCUT2D eigenvalue weighted by atomic mass is 9.77. The van der Waals surface area contributed by atoms with Gasteiger partial charge in [-0.15, -0.1) is 24.5 Å². The minimum Gasteiger partial charge on any atom is -0.405 e. The summed E-state index contributed by atoms with van der Waals surface area (Å²) in [7, 11) is 0. The first kappa shape index (κ1) is 21.5. The number of rotatable bonds is 4. The van der Waals surface area contributed by atoms with E-state index in [2.05, 4.69) is 22.2 Å². The lowest BCUT2D eigenvalue weighted by molar-refractivity contribution is -0.274. The second-order valence-electron chi connectivity index (χ2n) is 8.46. The summed E-state index contributed by atoms with van der Waals surface area (Å²) in [6.45, 7) is 1.41. The molecule has 2 aromatic carbocycles. The first-order valence-electron chi connectivity index (χ1n) is 10.8. The predicted octanol–water partition coefficient (Wildman–Crippen LogP) is 6.68. The van der Waals surface area contributed by atoms with E-state index in [1.54, 1.807) is 18.2 Å². The Labute approximate surface area is 189 Å². The highest BCUT2D eigenvalue weighted by molar-refractivity contribution is 7.13. The zero-order valence-electron chi connectivity index (χ0n) is 17.4. The average Bonchev–Trinajstić information content (AvgIpc) is 3.45. The first-order valence-corrected chi connectivity index (χ1v) is 11.7. The van der Waals surface area contributed by atoms with Crippen LogP contribution in [0.2, 0.25) is 0 Å². The third kappa shape index (κ3) is 4.29. The summed E-state index contributed by atoms with van der Waals surface area (Å²) in [4.78, 5) is 0.746. The zero-order chi connectivity index (χ0) is 22.2. The summed E-state index contributed by atoms with van der Waals surface area (Å²) in [5.74, 6) is -0.145. The van der Waals surface area contributed by atoms with Gasteiger partial charge in [-0.05, 0) is 60.5 Å². The summed E-state index contributed by atoms with van der Waals surface area (Å²) in [5, 5.41) is 5.46. The van der Waals surface area contributed by atoms with Gasteiger partial charge in [0.05, 0.1) is 18.2 Å². The van der Waals surface area contributed by atoms with Crippen molar-refractivity contribution in [3.63, 3.8) is 0 Å². The molecule has 2 aliphatic rings. The highest BCUT2D eigenvalue weighted by Crippen LogP contribution is 2.49. The van der Waals surface area contributed by atoms with Gasteiger partial charge in [0.1, 0.15) is 5.75 Å². The molecule has 5 rings (SSSR count). The molecule has 168 valence electrons. The fourth-order valence-corrected chi connectivity index (χ4v) is 5.82. The van der Waals surface area contributed by atoms with Crippen LogP contribution in [0.1, 0.15) is 42.3 Å². The van der Waals surface area contributed by atoms with Gasteiger partial charge < -0.3 is 14.8 Å². The van der Waals surface area contributed by atoms with Crippen molar-refractivity contribution in [3.8, 4) is 16.2 Å². The quantitative estimate of drug-likeness (QED) is 0.472. The van der Waals surface area contributed by atoms with Gasteiger partial charge in [0, 0.05) is 16.4 Å². The molecule has 32 heavy (non-hydrogen) atoms. The summed E-state index contributed by atoms with van der Waals surface area (Å²) in [6, 6.07) is 19.1. The number of hydrogen-bond donors (Lipinski definition) is 1. The lowest BCUT2D eigenvalue weighted by Gasteiger charge is -2.41. The van der Waals surface area contributed by atoms with Crippen molar-refractivity contribution >= 4 is 11.3 Å². The second-order valence-corrected chi connectivity index (χ2v) is 9.41. The molecule has 2 fully saturated rings. The van der Waals surface area contributed by atoms with E-state index in [1.165, 1.54) is 16.9 Å². The van der Waals surface area contributed by atoms with E-state index in [0.29, 0.717) is 12.2 Å². The van der Waals surface area contributed by atoms with Gasteiger partial charge in [-0.1, -0.05) is 42.5 Å². The molecule has 1 spiro atoms. The highest BCUT2D eigenvalue weighted by Gasteiger charge is 2.48. The molecule has 1 aromatic heterocycles. The summed E-state index contributed by atoms with van der Waals surface area (Å²) in [6.07, 6.45) is -2.06. The summed E-state index contributed by atoms with van der Waals surface area (Å²) >= 11 is 1.39. The SMILES string of the molecule is FC(F)(F)Oc1cc([C@@H]2CO[C@]3(CCCN[C@H]3c3ccccc3)C2)ccc1-c1cccs1. The average molecular weight is 460 g/mol. The second kappa shape index (κ2) is 8.54. The van der Waals surface area contributed by atoms with E-state index in [-0.39, 0.29) is 23.3 Å². The maximum Gasteiger partial charge on any atom is 0.573 e. The van der Waals surface area contributed by atoms with Crippen LogP contribution in [0.15, 0.2) is 66.0 Å². The van der Waals surface area contributed by atoms with Crippen LogP contribution >= 0.6 is 11.3 Å². The van der Waals surface area contributed by atoms with Crippen molar-refractivity contribution in [1.82, 2.24) is 5.32 Å². The summed E-state index contributed by atoms with van der Waals surface area (Å²) < 4.78 is 50.3. The van der Waals surface area contributed by atoms with E-state index in [9.17, 15) is 13.2 Å². The molecule has 3 atom stereocenters. The minimum absolute atomic E-state index is 0.00841. The Bertz CT molecular complexity index is 1050. The molecule has 3 aromatic rings. The molecular formula is C25H24F3NO2S. The van der Waals surface area contributed by atoms with Crippen molar-refractivity contribution in [2.45, 2.75) is 43.2 Å². The Morgan fingerprint density at radius 2 is 1.88 bits per heavy atom. The molecule has 0 radical (unpaired) electrons. The van der Waals surface area contributed by atoms with E-state index in [0.717, 1.165) is 36.2 Å². The Balaban J connectivity index is 1.45. The lowest BCUT2D eigenvalue weighted by Crippen LogP contribution is -2.48. The van der Waals surface area contributed by atoms with Gasteiger partial charge in [-0.25, -0.2) is 0 Å². The molecule has 2 aliphatic heterocycles. The van der Waals surface area contributed by atoms with Crippen molar-refractivity contribution in [1.29, 1.82) is 0 Å². The van der Waals surface area contributed by atoms with Crippen LogP contribution in [0.25, 0.3) is 10.4 Å². The van der Waals surface area contributed by atoms with Crippen LogP contribution in [0.3, 0.4) is 0 Å². The van der Waals surface area contributed by atoms with E-state index >= 15 is 0 Å². The Morgan fingerprint density at radius 3 is 2.62 bits per heavy atom. The van der Waals surface area contributed by atoms with Gasteiger partial charge in [0.15, 0.2) is 0 Å². The third-order valence-corrected chi connectivity index (χ3v) is 7.34. The van der Waals surface area contributed by atoms with Crippen LogP contribution < -0.4 is 10.1 Å². The van der Waals surface area contributed by atoms with Crippen molar-refractivity contribution in [2.24, 2.45) is 0 Å². The third-order valence-electron chi connectivity index (χ3n) is 6.44. The number of nitrogens with one attached hydrogen (secondary N) is 1. The number of benzene rings is 2. The highest BCUT2D eigenvalue weighted by atomic mass is 32.1. The first-order chi connectivity index (χ1) is 15.4. The molecule has 0 aliphatic carbocycles. The zero-order valence-corrected chi connectivity index (χ0v) is 18.2. The molecule has 1 N–H and O–H groups in total. The van der Waals surface area contributed by atoms with Gasteiger partial charge in [-0.3, -0.25) is 0 Å². The van der Waals surface area contributed by atoms with E-state index < -0.39 is 6.36 Å². The largest absolute Gasteiger partial charge is 0.573 e. The Hall–Kier alpha value is -2.35. The van der Waals surface area contributed by atoms with E-state index in [1.807, 2.05) is 35.7 Å². The fraction of sp³-hybridized carbons (Fsp3) is 0.360. The van der Waals surface area contributed by atoms with Crippen molar-refractivity contribution in [2.75, 3.05) is 13.2 Å². The molecule has 7 heteroatoms. The number of thiophene rings is 1. The molecular weight excluding hydrogens is 435 g/mol. The molecule has 3 heterocycles. The Kier molecular flexibility index (Phi) is 5.73. The predicted molar refractivity (Wildman–Crippen MR) is 119 cm³/mol. The number of hydrogen-bond acceptors (Lipinski definition) is 4. The van der Waals surface area contributed by atoms with Crippen LogP contribution in [-0.2, 0) is 4.74 Å².